The minimum Gasteiger partial charge on any atom is -0.489 e. The van der Waals surface area contributed by atoms with Crippen molar-refractivity contribution in [1.82, 2.24) is 9.88 Å². The van der Waals surface area contributed by atoms with E-state index in [1.54, 1.807) is 11.8 Å². The summed E-state index contributed by atoms with van der Waals surface area (Å²) in [4.78, 5) is 49.9. The smallest absolute Gasteiger partial charge is 0.227 e. The number of carbonyl (C=O) groups is 3. The molecule has 1 aromatic heterocycles. The molecule has 0 radical (unpaired) electrons. The molecule has 250 valence electrons. The van der Waals surface area contributed by atoms with Crippen LogP contribution < -0.4 is 4.74 Å². The predicted molar refractivity (Wildman–Crippen MR) is 190 cm³/mol. The Kier molecular flexibility index (Phi) is 11.3. The van der Waals surface area contributed by atoms with Crippen LogP contribution >= 0.6 is 0 Å². The molecule has 1 amide bonds. The summed E-state index contributed by atoms with van der Waals surface area (Å²) in [6.07, 6.45) is 2.29. The summed E-state index contributed by atoms with van der Waals surface area (Å²) in [6.45, 7) is 11.7. The van der Waals surface area contributed by atoms with Gasteiger partial charge in [0.2, 0.25) is 5.91 Å². The van der Waals surface area contributed by atoms with Crippen molar-refractivity contribution in [3.8, 4) is 5.75 Å². The lowest BCUT2D eigenvalue weighted by atomic mass is 9.84. The maximum absolute atomic E-state index is 15.0. The molecule has 6 nitrogen and oxygen atoms in total. The average Bonchev–Trinajstić information content (AvgIpc) is 3.52. The van der Waals surface area contributed by atoms with Gasteiger partial charge in [-0.15, -0.1) is 0 Å². The van der Waals surface area contributed by atoms with Gasteiger partial charge in [-0.05, 0) is 74.3 Å². The Morgan fingerprint density at radius 2 is 1.48 bits per heavy atom. The minimum atomic E-state index is -0.998. The fourth-order valence-electron chi connectivity index (χ4n) is 7.18. The zero-order valence-electron chi connectivity index (χ0n) is 29.1. The van der Waals surface area contributed by atoms with Crippen molar-refractivity contribution in [2.24, 2.45) is 17.8 Å². The van der Waals surface area contributed by atoms with Crippen LogP contribution in [0.1, 0.15) is 79.4 Å². The highest BCUT2D eigenvalue weighted by atomic mass is 16.5. The van der Waals surface area contributed by atoms with E-state index in [4.69, 9.17) is 9.72 Å². The molecular weight excluding hydrogens is 596 g/mol. The summed E-state index contributed by atoms with van der Waals surface area (Å²) in [5.41, 5.74) is 6.42. The van der Waals surface area contributed by atoms with E-state index in [1.807, 2.05) is 113 Å². The van der Waals surface area contributed by atoms with Crippen LogP contribution in [0.3, 0.4) is 0 Å². The second kappa shape index (κ2) is 15.5. The van der Waals surface area contributed by atoms with Crippen LogP contribution in [0.5, 0.6) is 5.75 Å². The number of carbonyl (C=O) groups excluding carboxylic acids is 3. The van der Waals surface area contributed by atoms with Gasteiger partial charge in [0.15, 0.2) is 11.6 Å². The highest BCUT2D eigenvalue weighted by Gasteiger charge is 2.44. The van der Waals surface area contributed by atoms with Crippen molar-refractivity contribution in [3.63, 3.8) is 0 Å². The van der Waals surface area contributed by atoms with Gasteiger partial charge in [-0.3, -0.25) is 19.4 Å². The summed E-state index contributed by atoms with van der Waals surface area (Å²) >= 11 is 0. The third-order valence-electron chi connectivity index (χ3n) is 10.1. The molecule has 1 aliphatic rings. The molecule has 6 heteroatoms. The second-order valence-electron chi connectivity index (χ2n) is 13.5. The van der Waals surface area contributed by atoms with Crippen molar-refractivity contribution < 1.29 is 19.1 Å². The Labute approximate surface area is 285 Å². The normalized spacial score (nSPS) is 15.2. The molecule has 0 N–H and O–H groups in total. The molecule has 5 rings (SSSR count). The second-order valence-corrected chi connectivity index (χ2v) is 13.5. The first-order chi connectivity index (χ1) is 23.1. The van der Waals surface area contributed by atoms with Crippen molar-refractivity contribution in [3.05, 3.63) is 130 Å². The molecular formula is C42H48N2O4. The molecule has 1 unspecified atom stereocenters. The van der Waals surface area contributed by atoms with Crippen molar-refractivity contribution in [1.29, 1.82) is 0 Å². The molecule has 4 aromatic rings. The maximum Gasteiger partial charge on any atom is 0.227 e. The first kappa shape index (κ1) is 34.7. The number of rotatable bonds is 14. The number of fused-ring (bicyclic) bond motifs is 1. The maximum atomic E-state index is 15.0. The highest BCUT2D eigenvalue weighted by molar-refractivity contribution is 5.96. The summed E-state index contributed by atoms with van der Waals surface area (Å²) in [6, 6.07) is 27.8. The third kappa shape index (κ3) is 7.75. The Bertz CT molecular complexity index is 1720. The van der Waals surface area contributed by atoms with E-state index >= 15 is 4.79 Å². The number of pyridine rings is 1. The predicted octanol–water partition coefficient (Wildman–Crippen LogP) is 8.01. The van der Waals surface area contributed by atoms with Gasteiger partial charge in [0.05, 0.1) is 6.04 Å². The number of para-hydroxylation sites is 1. The molecule has 0 spiro atoms. The van der Waals surface area contributed by atoms with Crippen molar-refractivity contribution >= 4 is 17.5 Å². The molecule has 48 heavy (non-hydrogen) atoms. The number of Topliss-reactive ketones (excluding diaryl/α,β-unsaturated/α-hetero) is 2. The summed E-state index contributed by atoms with van der Waals surface area (Å²) in [7, 11) is 0. The molecule has 0 saturated carbocycles. The summed E-state index contributed by atoms with van der Waals surface area (Å²) in [5.74, 6) is -0.339. The topological polar surface area (TPSA) is 76.6 Å². The zero-order chi connectivity index (χ0) is 34.4. The lowest BCUT2D eigenvalue weighted by molar-refractivity contribution is -0.152. The van der Waals surface area contributed by atoms with Crippen LogP contribution in [0, 0.1) is 31.6 Å². The van der Waals surface area contributed by atoms with Gasteiger partial charge >= 0.3 is 0 Å². The molecule has 0 saturated heterocycles. The Morgan fingerprint density at radius 3 is 2.10 bits per heavy atom. The van der Waals surface area contributed by atoms with E-state index in [2.05, 4.69) is 12.1 Å². The fraction of sp³-hybridized carbons (Fsp3) is 0.381. The van der Waals surface area contributed by atoms with Crippen LogP contribution in [0.15, 0.2) is 91.0 Å². The SMILES string of the molecule is CC[C@H](C)[C@H](C(C)=O)N(C(=O)[C@H](C)C1Cc2ccccc2C1)C(C(=O)Cc1ccccc1OCc1ccccc1)c1ccc(C)nc1C. The molecule has 0 bridgehead atoms. The Hall–Kier alpha value is -4.58. The van der Waals surface area contributed by atoms with Gasteiger partial charge in [-0.25, -0.2) is 0 Å². The van der Waals surface area contributed by atoms with E-state index in [-0.39, 0.29) is 35.7 Å². The third-order valence-corrected chi connectivity index (χ3v) is 10.1. The van der Waals surface area contributed by atoms with E-state index < -0.39 is 18.0 Å². The largest absolute Gasteiger partial charge is 0.489 e. The standard InChI is InChI=1S/C42H48N2O4/c1-7-27(2)40(31(6)45)44(42(47)29(4)36-23-33-17-11-12-18-34(33)24-36)41(37-22-21-28(3)43-30(37)5)38(46)25-35-19-13-14-20-39(35)48-26-32-15-9-8-10-16-32/h8-22,27,29,36,40-41H,7,23-26H2,1-6H3/t27-,29+,40+,41?/m0/s1. The Morgan fingerprint density at radius 1 is 0.854 bits per heavy atom. The van der Waals surface area contributed by atoms with Crippen LogP contribution in [-0.2, 0) is 40.3 Å². The number of ketones is 2. The molecule has 0 fully saturated rings. The van der Waals surface area contributed by atoms with Crippen molar-refractivity contribution in [2.75, 3.05) is 0 Å². The molecule has 1 aliphatic carbocycles. The fourth-order valence-corrected chi connectivity index (χ4v) is 7.18. The molecule has 4 atom stereocenters. The number of aromatic nitrogens is 1. The monoisotopic (exact) mass is 644 g/mol. The molecule has 1 heterocycles. The van der Waals surface area contributed by atoms with Gasteiger partial charge in [0, 0.05) is 34.9 Å². The number of benzene rings is 3. The number of aryl methyl sites for hydroxylation is 2. The number of hydrogen-bond acceptors (Lipinski definition) is 5. The van der Waals surface area contributed by atoms with Gasteiger partial charge < -0.3 is 9.64 Å². The molecule has 3 aromatic carbocycles. The van der Waals surface area contributed by atoms with E-state index in [0.717, 1.165) is 29.7 Å². The van der Waals surface area contributed by atoms with E-state index in [9.17, 15) is 9.59 Å². The first-order valence-corrected chi connectivity index (χ1v) is 17.2. The first-order valence-electron chi connectivity index (χ1n) is 17.2. The number of amides is 1. The van der Waals surface area contributed by atoms with Gasteiger partial charge in [0.1, 0.15) is 18.4 Å². The van der Waals surface area contributed by atoms with Gasteiger partial charge in [0.25, 0.3) is 0 Å². The Balaban J connectivity index is 1.56. The van der Waals surface area contributed by atoms with Gasteiger partial charge in [-0.1, -0.05) is 106 Å². The zero-order valence-corrected chi connectivity index (χ0v) is 29.1. The highest BCUT2D eigenvalue weighted by Crippen LogP contribution is 2.38. The van der Waals surface area contributed by atoms with Crippen molar-refractivity contribution in [2.45, 2.75) is 85.9 Å². The van der Waals surface area contributed by atoms with Gasteiger partial charge in [-0.2, -0.15) is 0 Å². The van der Waals surface area contributed by atoms with Crippen LogP contribution in [0.4, 0.5) is 0 Å². The summed E-state index contributed by atoms with van der Waals surface area (Å²) in [5, 5.41) is 0. The number of hydrogen-bond donors (Lipinski definition) is 0. The van der Waals surface area contributed by atoms with E-state index in [0.29, 0.717) is 30.0 Å². The quantitative estimate of drug-likeness (QED) is 0.139. The lowest BCUT2D eigenvalue weighted by Crippen LogP contribution is -2.54. The molecule has 0 aliphatic heterocycles. The van der Waals surface area contributed by atoms with Crippen LogP contribution in [0.25, 0.3) is 0 Å². The summed E-state index contributed by atoms with van der Waals surface area (Å²) < 4.78 is 6.24. The van der Waals surface area contributed by atoms with Crippen LogP contribution in [-0.4, -0.2) is 33.4 Å². The van der Waals surface area contributed by atoms with Crippen LogP contribution in [0.2, 0.25) is 0 Å². The van der Waals surface area contributed by atoms with E-state index in [1.165, 1.54) is 11.1 Å². The number of nitrogens with zero attached hydrogens (tertiary/aromatic N) is 2. The average molecular weight is 645 g/mol. The lowest BCUT2D eigenvalue weighted by Gasteiger charge is -2.41. The minimum absolute atomic E-state index is 0.0289. The number of ether oxygens (including phenoxy) is 1.